The summed E-state index contributed by atoms with van der Waals surface area (Å²) in [5, 5.41) is 8.90. The molecule has 26 heavy (non-hydrogen) atoms. The van der Waals surface area contributed by atoms with Crippen LogP contribution < -0.4 is 4.74 Å². The Hall–Kier alpha value is -2.32. The SMILES string of the molecule is COCc1c(-c2nc(CCSC)nn2-c2ccc(OC)cc2)noc1C. The molecule has 0 bridgehead atoms. The molecular formula is C18H22N4O3S. The number of methoxy groups -OCH3 is 2. The zero-order valence-electron chi connectivity index (χ0n) is 15.4. The average molecular weight is 374 g/mol. The Morgan fingerprint density at radius 3 is 2.62 bits per heavy atom. The largest absolute Gasteiger partial charge is 0.497 e. The van der Waals surface area contributed by atoms with E-state index in [-0.39, 0.29) is 0 Å². The molecule has 0 unspecified atom stereocenters. The smallest absolute Gasteiger partial charge is 0.185 e. The van der Waals surface area contributed by atoms with Gasteiger partial charge in [-0.05, 0) is 37.4 Å². The summed E-state index contributed by atoms with van der Waals surface area (Å²) >= 11 is 1.76. The molecule has 0 aliphatic carbocycles. The Kier molecular flexibility index (Phi) is 5.95. The highest BCUT2D eigenvalue weighted by Gasteiger charge is 2.22. The third-order valence-corrected chi connectivity index (χ3v) is 4.60. The van der Waals surface area contributed by atoms with Crippen molar-refractivity contribution in [2.45, 2.75) is 20.0 Å². The van der Waals surface area contributed by atoms with Crippen LogP contribution in [0.25, 0.3) is 17.2 Å². The summed E-state index contributed by atoms with van der Waals surface area (Å²) in [5.74, 6) is 3.88. The molecule has 2 heterocycles. The second-order valence-corrected chi connectivity index (χ2v) is 6.69. The van der Waals surface area contributed by atoms with Gasteiger partial charge in [-0.2, -0.15) is 16.9 Å². The molecule has 0 aliphatic rings. The minimum Gasteiger partial charge on any atom is -0.497 e. The summed E-state index contributed by atoms with van der Waals surface area (Å²) in [7, 11) is 3.29. The molecule has 0 atom stereocenters. The van der Waals surface area contributed by atoms with E-state index in [1.807, 2.05) is 31.2 Å². The maximum atomic E-state index is 5.39. The minimum atomic E-state index is 0.403. The van der Waals surface area contributed by atoms with Crippen molar-refractivity contribution < 1.29 is 14.0 Å². The lowest BCUT2D eigenvalue weighted by Gasteiger charge is -2.06. The van der Waals surface area contributed by atoms with Crippen molar-refractivity contribution in [3.05, 3.63) is 41.4 Å². The predicted molar refractivity (Wildman–Crippen MR) is 101 cm³/mol. The van der Waals surface area contributed by atoms with Crippen LogP contribution in [0.5, 0.6) is 5.75 Å². The van der Waals surface area contributed by atoms with Gasteiger partial charge in [-0.25, -0.2) is 9.67 Å². The summed E-state index contributed by atoms with van der Waals surface area (Å²) in [6.45, 7) is 2.27. The maximum absolute atomic E-state index is 5.39. The van der Waals surface area contributed by atoms with Crippen molar-refractivity contribution in [3.63, 3.8) is 0 Å². The Morgan fingerprint density at radius 1 is 1.19 bits per heavy atom. The number of thioether (sulfide) groups is 1. The molecule has 0 saturated heterocycles. The van der Waals surface area contributed by atoms with Gasteiger partial charge in [0, 0.05) is 19.3 Å². The Bertz CT molecular complexity index is 858. The highest BCUT2D eigenvalue weighted by atomic mass is 32.2. The molecule has 138 valence electrons. The highest BCUT2D eigenvalue weighted by molar-refractivity contribution is 7.98. The quantitative estimate of drug-likeness (QED) is 0.599. The molecular weight excluding hydrogens is 352 g/mol. The van der Waals surface area contributed by atoms with Crippen LogP contribution >= 0.6 is 11.8 Å². The molecule has 0 N–H and O–H groups in total. The molecule has 2 aromatic heterocycles. The number of aromatic nitrogens is 4. The third-order valence-electron chi connectivity index (χ3n) is 3.98. The summed E-state index contributed by atoms with van der Waals surface area (Å²) in [4.78, 5) is 4.72. The van der Waals surface area contributed by atoms with Crippen molar-refractivity contribution in [1.29, 1.82) is 0 Å². The fraction of sp³-hybridized carbons (Fsp3) is 0.389. The van der Waals surface area contributed by atoms with Crippen LogP contribution in [0.1, 0.15) is 17.1 Å². The van der Waals surface area contributed by atoms with E-state index in [0.717, 1.165) is 40.8 Å². The van der Waals surface area contributed by atoms with Crippen molar-refractivity contribution in [3.8, 4) is 23.0 Å². The van der Waals surface area contributed by atoms with Crippen LogP contribution in [0.3, 0.4) is 0 Å². The first-order chi connectivity index (χ1) is 12.7. The molecule has 7 nitrogen and oxygen atoms in total. The van der Waals surface area contributed by atoms with E-state index in [1.165, 1.54) is 0 Å². The zero-order chi connectivity index (χ0) is 18.5. The third kappa shape index (κ3) is 3.76. The first-order valence-electron chi connectivity index (χ1n) is 8.21. The summed E-state index contributed by atoms with van der Waals surface area (Å²) in [6, 6.07) is 7.68. The molecule has 3 rings (SSSR count). The van der Waals surface area contributed by atoms with E-state index in [9.17, 15) is 0 Å². The van der Waals surface area contributed by atoms with Gasteiger partial charge in [-0.3, -0.25) is 0 Å². The lowest BCUT2D eigenvalue weighted by molar-refractivity contribution is 0.183. The molecule has 0 amide bonds. The predicted octanol–water partition coefficient (Wildman–Crippen LogP) is 3.29. The Balaban J connectivity index is 2.09. The number of rotatable bonds is 8. The molecule has 8 heteroatoms. The van der Waals surface area contributed by atoms with Gasteiger partial charge < -0.3 is 14.0 Å². The minimum absolute atomic E-state index is 0.403. The number of benzene rings is 1. The van der Waals surface area contributed by atoms with Crippen LogP contribution in [0.4, 0.5) is 0 Å². The van der Waals surface area contributed by atoms with Gasteiger partial charge in [0.05, 0.1) is 25.0 Å². The first kappa shape index (κ1) is 18.5. The first-order valence-corrected chi connectivity index (χ1v) is 9.61. The molecule has 0 spiro atoms. The van der Waals surface area contributed by atoms with E-state index in [0.29, 0.717) is 18.1 Å². The lowest BCUT2D eigenvalue weighted by atomic mass is 10.2. The number of ether oxygens (including phenoxy) is 2. The van der Waals surface area contributed by atoms with Gasteiger partial charge in [-0.15, -0.1) is 0 Å². The Labute approximate surface area is 156 Å². The number of hydrogen-bond donors (Lipinski definition) is 0. The summed E-state index contributed by atoms with van der Waals surface area (Å²) in [6.07, 6.45) is 2.85. The van der Waals surface area contributed by atoms with Gasteiger partial charge in [-0.1, -0.05) is 5.16 Å². The molecule has 0 radical (unpaired) electrons. The lowest BCUT2D eigenvalue weighted by Crippen LogP contribution is -2.02. The van der Waals surface area contributed by atoms with Crippen LogP contribution in [0.15, 0.2) is 28.8 Å². The molecule has 1 aromatic carbocycles. The maximum Gasteiger partial charge on any atom is 0.185 e. The van der Waals surface area contributed by atoms with Crippen molar-refractivity contribution in [2.24, 2.45) is 0 Å². The highest BCUT2D eigenvalue weighted by Crippen LogP contribution is 2.27. The summed E-state index contributed by atoms with van der Waals surface area (Å²) < 4.78 is 17.7. The van der Waals surface area contributed by atoms with Gasteiger partial charge in [0.25, 0.3) is 0 Å². The zero-order valence-corrected chi connectivity index (χ0v) is 16.2. The van der Waals surface area contributed by atoms with E-state index < -0.39 is 0 Å². The van der Waals surface area contributed by atoms with E-state index >= 15 is 0 Å². The standard InChI is InChI=1S/C18H22N4O3S/c1-12-15(11-23-2)17(21-25-12)18-19-16(9-10-26-4)20-22(18)13-5-7-14(24-3)8-6-13/h5-8H,9-11H2,1-4H3. The topological polar surface area (TPSA) is 75.2 Å². The average Bonchev–Trinajstić information content (AvgIpc) is 3.24. The summed E-state index contributed by atoms with van der Waals surface area (Å²) in [5.41, 5.74) is 2.42. The monoisotopic (exact) mass is 374 g/mol. The number of hydrogen-bond acceptors (Lipinski definition) is 7. The van der Waals surface area contributed by atoms with Gasteiger partial charge in [0.1, 0.15) is 11.5 Å². The van der Waals surface area contributed by atoms with E-state index in [1.54, 1.807) is 30.7 Å². The molecule has 0 fully saturated rings. The second kappa shape index (κ2) is 8.37. The van der Waals surface area contributed by atoms with Crippen LogP contribution in [0.2, 0.25) is 0 Å². The second-order valence-electron chi connectivity index (χ2n) is 5.70. The van der Waals surface area contributed by atoms with Crippen LogP contribution in [-0.2, 0) is 17.8 Å². The normalized spacial score (nSPS) is 11.1. The molecule has 0 saturated carbocycles. The number of nitrogens with zero attached hydrogens (tertiary/aromatic N) is 4. The van der Waals surface area contributed by atoms with Crippen LogP contribution in [0, 0.1) is 6.92 Å². The van der Waals surface area contributed by atoms with E-state index in [2.05, 4.69) is 16.5 Å². The van der Waals surface area contributed by atoms with Crippen molar-refractivity contribution in [1.82, 2.24) is 19.9 Å². The van der Waals surface area contributed by atoms with E-state index in [4.69, 9.17) is 19.0 Å². The molecule has 3 aromatic rings. The fourth-order valence-electron chi connectivity index (χ4n) is 2.59. The van der Waals surface area contributed by atoms with Crippen molar-refractivity contribution >= 4 is 11.8 Å². The van der Waals surface area contributed by atoms with Gasteiger partial charge >= 0.3 is 0 Å². The molecule has 0 aliphatic heterocycles. The Morgan fingerprint density at radius 2 is 1.96 bits per heavy atom. The van der Waals surface area contributed by atoms with Gasteiger partial charge in [0.15, 0.2) is 17.3 Å². The van der Waals surface area contributed by atoms with Crippen molar-refractivity contribution in [2.75, 3.05) is 26.2 Å². The number of aryl methyl sites for hydroxylation is 2. The fourth-order valence-corrected chi connectivity index (χ4v) is 2.98. The van der Waals surface area contributed by atoms with Crippen LogP contribution in [-0.4, -0.2) is 46.1 Å². The van der Waals surface area contributed by atoms with Gasteiger partial charge in [0.2, 0.25) is 0 Å².